The highest BCUT2D eigenvalue weighted by Crippen LogP contribution is 2.06. The van der Waals surface area contributed by atoms with E-state index in [-0.39, 0.29) is 18.2 Å². The monoisotopic (exact) mass is 296 g/mol. The third-order valence-corrected chi connectivity index (χ3v) is 3.39. The zero-order chi connectivity index (χ0) is 15.8. The van der Waals surface area contributed by atoms with Gasteiger partial charge in [0.15, 0.2) is 0 Å². The number of carbonyl (C=O) groups excluding carboxylic acids is 2. The molecule has 0 spiro atoms. The lowest BCUT2D eigenvalue weighted by Gasteiger charge is -2.08. The summed E-state index contributed by atoms with van der Waals surface area (Å²) >= 11 is 0. The predicted octanol–water partition coefficient (Wildman–Crippen LogP) is 2.32. The second kappa shape index (κ2) is 7.98. The molecule has 2 rings (SSSR count). The highest BCUT2D eigenvalue weighted by atomic mass is 16.2. The van der Waals surface area contributed by atoms with Gasteiger partial charge in [0, 0.05) is 13.1 Å². The van der Waals surface area contributed by atoms with Crippen LogP contribution in [0.1, 0.15) is 23.1 Å². The molecule has 0 heterocycles. The zero-order valence-corrected chi connectivity index (χ0v) is 12.6. The zero-order valence-electron chi connectivity index (χ0n) is 12.6. The second-order valence-corrected chi connectivity index (χ2v) is 5.14. The Hall–Kier alpha value is -2.62. The largest absolute Gasteiger partial charge is 0.352 e. The average molecular weight is 296 g/mol. The number of nitrogens with one attached hydrogen (secondary N) is 2. The first-order valence-electron chi connectivity index (χ1n) is 7.27. The Balaban J connectivity index is 1.72. The summed E-state index contributed by atoms with van der Waals surface area (Å²) in [6, 6.07) is 17.5. The number of hydrogen-bond donors (Lipinski definition) is 2. The van der Waals surface area contributed by atoms with E-state index < -0.39 is 0 Å². The maximum absolute atomic E-state index is 11.8. The SMILES string of the molecule is Cc1ccccc1CNC(=O)CC(=O)NCc1ccccc1. The Morgan fingerprint density at radius 1 is 0.818 bits per heavy atom. The third-order valence-electron chi connectivity index (χ3n) is 3.39. The van der Waals surface area contributed by atoms with Crippen LogP contribution in [0.25, 0.3) is 0 Å². The van der Waals surface area contributed by atoms with Gasteiger partial charge < -0.3 is 10.6 Å². The van der Waals surface area contributed by atoms with Crippen molar-refractivity contribution in [1.29, 1.82) is 0 Å². The molecule has 0 aliphatic carbocycles. The second-order valence-electron chi connectivity index (χ2n) is 5.14. The molecule has 0 aliphatic rings. The smallest absolute Gasteiger partial charge is 0.229 e. The van der Waals surface area contributed by atoms with E-state index in [1.165, 1.54) is 0 Å². The number of carbonyl (C=O) groups is 2. The van der Waals surface area contributed by atoms with Crippen molar-refractivity contribution in [2.75, 3.05) is 0 Å². The Kier molecular flexibility index (Phi) is 5.72. The first-order chi connectivity index (χ1) is 10.6. The van der Waals surface area contributed by atoms with Crippen molar-refractivity contribution in [3.8, 4) is 0 Å². The van der Waals surface area contributed by atoms with Crippen LogP contribution in [0.5, 0.6) is 0 Å². The lowest BCUT2D eigenvalue weighted by atomic mass is 10.1. The van der Waals surface area contributed by atoms with E-state index in [1.807, 2.05) is 61.5 Å². The normalized spacial score (nSPS) is 10.0. The number of benzene rings is 2. The van der Waals surface area contributed by atoms with Crippen LogP contribution < -0.4 is 10.6 Å². The van der Waals surface area contributed by atoms with Crippen molar-refractivity contribution < 1.29 is 9.59 Å². The van der Waals surface area contributed by atoms with Crippen LogP contribution >= 0.6 is 0 Å². The molecule has 0 aliphatic heterocycles. The van der Waals surface area contributed by atoms with Crippen LogP contribution in [0.3, 0.4) is 0 Å². The minimum atomic E-state index is -0.272. The molecule has 4 nitrogen and oxygen atoms in total. The Morgan fingerprint density at radius 3 is 2.09 bits per heavy atom. The molecule has 0 aromatic heterocycles. The molecule has 114 valence electrons. The van der Waals surface area contributed by atoms with Gasteiger partial charge in [0.05, 0.1) is 0 Å². The fourth-order valence-electron chi connectivity index (χ4n) is 2.07. The molecule has 2 amide bonds. The van der Waals surface area contributed by atoms with Gasteiger partial charge in [-0.05, 0) is 23.6 Å². The summed E-state index contributed by atoms with van der Waals surface area (Å²) in [5, 5.41) is 5.51. The van der Waals surface area contributed by atoms with E-state index in [1.54, 1.807) is 0 Å². The fraction of sp³-hybridized carbons (Fsp3) is 0.222. The minimum absolute atomic E-state index is 0.154. The van der Waals surface area contributed by atoms with Gasteiger partial charge >= 0.3 is 0 Å². The Morgan fingerprint density at radius 2 is 1.41 bits per heavy atom. The average Bonchev–Trinajstić information content (AvgIpc) is 2.53. The van der Waals surface area contributed by atoms with Crippen LogP contribution in [0.4, 0.5) is 0 Å². The highest BCUT2D eigenvalue weighted by Gasteiger charge is 2.09. The lowest BCUT2D eigenvalue weighted by molar-refractivity contribution is -0.129. The molecule has 2 aromatic rings. The van der Waals surface area contributed by atoms with Gasteiger partial charge in [0.2, 0.25) is 11.8 Å². The van der Waals surface area contributed by atoms with E-state index in [0.717, 1.165) is 16.7 Å². The van der Waals surface area contributed by atoms with Crippen molar-refractivity contribution in [3.05, 3.63) is 71.3 Å². The van der Waals surface area contributed by atoms with Crippen molar-refractivity contribution in [2.45, 2.75) is 26.4 Å². The van der Waals surface area contributed by atoms with Gasteiger partial charge in [-0.1, -0.05) is 54.6 Å². The van der Waals surface area contributed by atoms with E-state index in [9.17, 15) is 9.59 Å². The number of rotatable bonds is 6. The molecule has 0 atom stereocenters. The molecular formula is C18H20N2O2. The molecule has 0 saturated carbocycles. The molecule has 0 bridgehead atoms. The molecule has 4 heteroatoms. The van der Waals surface area contributed by atoms with Crippen molar-refractivity contribution in [1.82, 2.24) is 10.6 Å². The molecule has 22 heavy (non-hydrogen) atoms. The summed E-state index contributed by atoms with van der Waals surface area (Å²) < 4.78 is 0. The minimum Gasteiger partial charge on any atom is -0.352 e. The fourth-order valence-corrected chi connectivity index (χ4v) is 2.07. The van der Waals surface area contributed by atoms with E-state index >= 15 is 0 Å². The van der Waals surface area contributed by atoms with Crippen molar-refractivity contribution in [3.63, 3.8) is 0 Å². The Labute approximate surface area is 130 Å². The van der Waals surface area contributed by atoms with Crippen LogP contribution in [0.15, 0.2) is 54.6 Å². The molecule has 0 radical (unpaired) electrons. The van der Waals surface area contributed by atoms with Crippen LogP contribution in [0, 0.1) is 6.92 Å². The first kappa shape index (κ1) is 15.8. The molecule has 2 N–H and O–H groups in total. The molecule has 0 fully saturated rings. The number of amides is 2. The van der Waals surface area contributed by atoms with Crippen LogP contribution in [0.2, 0.25) is 0 Å². The van der Waals surface area contributed by atoms with Crippen LogP contribution in [-0.2, 0) is 22.7 Å². The summed E-state index contributed by atoms with van der Waals surface area (Å²) in [7, 11) is 0. The first-order valence-corrected chi connectivity index (χ1v) is 7.27. The van der Waals surface area contributed by atoms with E-state index in [4.69, 9.17) is 0 Å². The number of aryl methyl sites for hydroxylation is 1. The summed E-state index contributed by atoms with van der Waals surface area (Å²) in [5.41, 5.74) is 3.19. The summed E-state index contributed by atoms with van der Waals surface area (Å²) in [6.07, 6.45) is -0.154. The van der Waals surface area contributed by atoms with Crippen LogP contribution in [-0.4, -0.2) is 11.8 Å². The standard InChI is InChI=1S/C18H20N2O2/c1-14-7-5-6-10-16(14)13-20-18(22)11-17(21)19-12-15-8-3-2-4-9-15/h2-10H,11-13H2,1H3,(H,19,21)(H,20,22). The third kappa shape index (κ3) is 5.05. The summed E-state index contributed by atoms with van der Waals surface area (Å²) in [5.74, 6) is -0.542. The summed E-state index contributed by atoms with van der Waals surface area (Å²) in [6.45, 7) is 2.87. The molecule has 2 aromatic carbocycles. The predicted molar refractivity (Wildman–Crippen MR) is 85.9 cm³/mol. The van der Waals surface area contributed by atoms with Gasteiger partial charge in [0.25, 0.3) is 0 Å². The van der Waals surface area contributed by atoms with Gasteiger partial charge in [-0.25, -0.2) is 0 Å². The molecular weight excluding hydrogens is 276 g/mol. The van der Waals surface area contributed by atoms with Gasteiger partial charge in [-0.15, -0.1) is 0 Å². The van der Waals surface area contributed by atoms with E-state index in [2.05, 4.69) is 10.6 Å². The highest BCUT2D eigenvalue weighted by molar-refractivity contribution is 5.96. The molecule has 0 unspecified atom stereocenters. The maximum Gasteiger partial charge on any atom is 0.229 e. The van der Waals surface area contributed by atoms with Gasteiger partial charge in [-0.3, -0.25) is 9.59 Å². The van der Waals surface area contributed by atoms with Gasteiger partial charge in [0.1, 0.15) is 6.42 Å². The van der Waals surface area contributed by atoms with E-state index in [0.29, 0.717) is 13.1 Å². The topological polar surface area (TPSA) is 58.2 Å². The van der Waals surface area contributed by atoms with Crippen molar-refractivity contribution >= 4 is 11.8 Å². The van der Waals surface area contributed by atoms with Crippen molar-refractivity contribution in [2.24, 2.45) is 0 Å². The number of hydrogen-bond acceptors (Lipinski definition) is 2. The maximum atomic E-state index is 11.8. The molecule has 0 saturated heterocycles. The summed E-state index contributed by atoms with van der Waals surface area (Å²) in [4.78, 5) is 23.5. The Bertz CT molecular complexity index is 639. The van der Waals surface area contributed by atoms with Gasteiger partial charge in [-0.2, -0.15) is 0 Å². The quantitative estimate of drug-likeness (QED) is 0.804. The lowest BCUT2D eigenvalue weighted by Crippen LogP contribution is -2.31.